The smallest absolute Gasteiger partial charge is 0.275 e. The summed E-state index contributed by atoms with van der Waals surface area (Å²) in [6.07, 6.45) is 0. The molecule has 5 nitrogen and oxygen atoms in total. The van der Waals surface area contributed by atoms with E-state index in [4.69, 9.17) is 4.42 Å². The Hall–Kier alpha value is -3.39. The van der Waals surface area contributed by atoms with E-state index in [1.54, 1.807) is 11.4 Å². The summed E-state index contributed by atoms with van der Waals surface area (Å²) in [5.41, 5.74) is 0.996. The number of carbonyl (C=O) groups excluding carboxylic acids is 1. The van der Waals surface area contributed by atoms with Gasteiger partial charge >= 0.3 is 0 Å². The number of benzene rings is 2. The number of rotatable bonds is 3. The molecule has 4 rings (SSSR count). The quantitative estimate of drug-likeness (QED) is 0.567. The van der Waals surface area contributed by atoms with Gasteiger partial charge in [0.1, 0.15) is 23.1 Å². The molecule has 0 unspecified atom stereocenters. The van der Waals surface area contributed by atoms with Crippen molar-refractivity contribution in [2.24, 2.45) is 0 Å². The Kier molecular flexibility index (Phi) is 4.25. The number of halogens is 2. The van der Waals surface area contributed by atoms with Crippen molar-refractivity contribution in [2.45, 2.75) is 0 Å². The molecule has 0 bridgehead atoms. The second-order valence-corrected chi connectivity index (χ2v) is 6.30. The lowest BCUT2D eigenvalue weighted by Crippen LogP contribution is -2.13. The predicted molar refractivity (Wildman–Crippen MR) is 97.9 cm³/mol. The molecule has 1 N–H and O–H groups in total. The van der Waals surface area contributed by atoms with E-state index in [2.05, 4.69) is 10.3 Å². The van der Waals surface area contributed by atoms with Gasteiger partial charge in [-0.15, -0.1) is 11.3 Å². The Morgan fingerprint density at radius 1 is 1.11 bits per heavy atom. The maximum Gasteiger partial charge on any atom is 0.275 e. The Morgan fingerprint density at radius 2 is 1.85 bits per heavy atom. The number of amides is 1. The first kappa shape index (κ1) is 17.0. The molecule has 4 aromatic rings. The van der Waals surface area contributed by atoms with Crippen LogP contribution in [0.4, 0.5) is 14.5 Å². The van der Waals surface area contributed by atoms with Crippen LogP contribution in [0.3, 0.4) is 0 Å². The van der Waals surface area contributed by atoms with Crippen molar-refractivity contribution in [2.75, 3.05) is 5.32 Å². The van der Waals surface area contributed by atoms with Gasteiger partial charge in [-0.25, -0.2) is 13.8 Å². The fraction of sp³-hybridized carbons (Fsp3) is 0. The van der Waals surface area contributed by atoms with Gasteiger partial charge in [0.05, 0.1) is 22.1 Å². The van der Waals surface area contributed by atoms with Crippen molar-refractivity contribution in [1.29, 1.82) is 0 Å². The molecular formula is C19H10F2N2O3S. The summed E-state index contributed by atoms with van der Waals surface area (Å²) in [6, 6.07) is 8.97. The van der Waals surface area contributed by atoms with Gasteiger partial charge in [0.25, 0.3) is 5.91 Å². The minimum atomic E-state index is -0.860. The SMILES string of the molecule is O=C(Nc1cccc2c(=O)cc(-c3c(F)cccc3F)oc12)c1cscn1. The van der Waals surface area contributed by atoms with E-state index in [1.807, 2.05) is 0 Å². The molecule has 134 valence electrons. The molecule has 0 saturated heterocycles. The van der Waals surface area contributed by atoms with Crippen molar-refractivity contribution in [3.8, 4) is 11.3 Å². The van der Waals surface area contributed by atoms with Gasteiger partial charge in [-0.2, -0.15) is 0 Å². The fourth-order valence-electron chi connectivity index (χ4n) is 2.64. The van der Waals surface area contributed by atoms with Gasteiger partial charge in [0, 0.05) is 11.4 Å². The number of fused-ring (bicyclic) bond motifs is 1. The van der Waals surface area contributed by atoms with Crippen molar-refractivity contribution >= 4 is 33.9 Å². The van der Waals surface area contributed by atoms with E-state index in [0.29, 0.717) is 0 Å². The van der Waals surface area contributed by atoms with Crippen LogP contribution in [-0.2, 0) is 0 Å². The Morgan fingerprint density at radius 3 is 2.56 bits per heavy atom. The van der Waals surface area contributed by atoms with Crippen LogP contribution in [0, 0.1) is 11.6 Å². The van der Waals surface area contributed by atoms with E-state index in [9.17, 15) is 18.4 Å². The van der Waals surface area contributed by atoms with Crippen LogP contribution in [0.5, 0.6) is 0 Å². The summed E-state index contributed by atoms with van der Waals surface area (Å²) in [6.45, 7) is 0. The standard InChI is InChI=1S/C19H10F2N2O3S/c20-11-4-2-5-12(21)17(11)16-7-15(24)10-3-1-6-13(18(10)26-16)23-19(25)14-8-27-9-22-14/h1-9H,(H,23,25). The van der Waals surface area contributed by atoms with Crippen LogP contribution in [0.25, 0.3) is 22.3 Å². The van der Waals surface area contributed by atoms with E-state index in [-0.39, 0.29) is 28.1 Å². The molecule has 0 fully saturated rings. The number of para-hydroxylation sites is 1. The third kappa shape index (κ3) is 3.11. The number of anilines is 1. The van der Waals surface area contributed by atoms with E-state index in [0.717, 1.165) is 18.2 Å². The van der Waals surface area contributed by atoms with Crippen molar-refractivity contribution in [1.82, 2.24) is 4.98 Å². The topological polar surface area (TPSA) is 72.2 Å². The molecule has 2 heterocycles. The van der Waals surface area contributed by atoms with Crippen molar-refractivity contribution in [3.63, 3.8) is 0 Å². The molecule has 0 radical (unpaired) electrons. The maximum atomic E-state index is 14.1. The van der Waals surface area contributed by atoms with Gasteiger partial charge in [-0.3, -0.25) is 9.59 Å². The summed E-state index contributed by atoms with van der Waals surface area (Å²) in [5, 5.41) is 4.35. The van der Waals surface area contributed by atoms with Crippen LogP contribution in [0.15, 0.2) is 62.6 Å². The second kappa shape index (κ2) is 6.73. The Bertz CT molecular complexity index is 1200. The molecule has 1 amide bonds. The van der Waals surface area contributed by atoms with Gasteiger partial charge in [0.15, 0.2) is 11.0 Å². The lowest BCUT2D eigenvalue weighted by molar-refractivity contribution is 0.102. The number of carbonyl (C=O) groups is 1. The lowest BCUT2D eigenvalue weighted by atomic mass is 10.1. The third-order valence-corrected chi connectivity index (χ3v) is 4.46. The van der Waals surface area contributed by atoms with Crippen LogP contribution < -0.4 is 10.7 Å². The van der Waals surface area contributed by atoms with E-state index < -0.39 is 28.5 Å². The van der Waals surface area contributed by atoms with E-state index in [1.165, 1.54) is 35.0 Å². The Balaban J connectivity index is 1.88. The number of hydrogen-bond acceptors (Lipinski definition) is 5. The Labute approximate surface area is 154 Å². The van der Waals surface area contributed by atoms with E-state index >= 15 is 0 Å². The van der Waals surface area contributed by atoms with Crippen LogP contribution in [-0.4, -0.2) is 10.9 Å². The summed E-state index contributed by atoms with van der Waals surface area (Å²) in [4.78, 5) is 28.6. The minimum Gasteiger partial charge on any atom is -0.453 e. The molecule has 0 aliphatic carbocycles. The number of hydrogen-bond donors (Lipinski definition) is 1. The molecule has 0 saturated carbocycles. The summed E-state index contributed by atoms with van der Waals surface area (Å²) in [5.74, 6) is -2.48. The number of aromatic nitrogens is 1. The molecule has 0 spiro atoms. The van der Waals surface area contributed by atoms with Gasteiger partial charge in [-0.05, 0) is 24.3 Å². The van der Waals surface area contributed by atoms with Gasteiger partial charge in [-0.1, -0.05) is 12.1 Å². The number of thiazole rings is 1. The first-order valence-corrected chi connectivity index (χ1v) is 8.69. The molecule has 8 heteroatoms. The lowest BCUT2D eigenvalue weighted by Gasteiger charge is -2.09. The zero-order chi connectivity index (χ0) is 19.0. The minimum absolute atomic E-state index is 0.0197. The molecule has 0 aliphatic heterocycles. The van der Waals surface area contributed by atoms with Gasteiger partial charge < -0.3 is 9.73 Å². The number of nitrogens with zero attached hydrogens (tertiary/aromatic N) is 1. The van der Waals surface area contributed by atoms with Gasteiger partial charge in [0.2, 0.25) is 0 Å². The highest BCUT2D eigenvalue weighted by atomic mass is 32.1. The highest BCUT2D eigenvalue weighted by molar-refractivity contribution is 7.07. The highest BCUT2D eigenvalue weighted by Gasteiger charge is 2.18. The average Bonchev–Trinajstić information content (AvgIpc) is 3.17. The normalized spacial score (nSPS) is 10.9. The first-order valence-electron chi connectivity index (χ1n) is 7.75. The van der Waals surface area contributed by atoms with Crippen molar-refractivity contribution < 1.29 is 18.0 Å². The molecule has 2 aromatic carbocycles. The summed E-state index contributed by atoms with van der Waals surface area (Å²) >= 11 is 1.26. The summed E-state index contributed by atoms with van der Waals surface area (Å²) < 4.78 is 33.8. The average molecular weight is 384 g/mol. The summed E-state index contributed by atoms with van der Waals surface area (Å²) in [7, 11) is 0. The van der Waals surface area contributed by atoms with Crippen LogP contribution >= 0.6 is 11.3 Å². The molecule has 2 aromatic heterocycles. The highest BCUT2D eigenvalue weighted by Crippen LogP contribution is 2.30. The zero-order valence-electron chi connectivity index (χ0n) is 13.5. The molecule has 27 heavy (non-hydrogen) atoms. The third-order valence-electron chi connectivity index (χ3n) is 3.88. The zero-order valence-corrected chi connectivity index (χ0v) is 14.3. The molecular weight excluding hydrogens is 374 g/mol. The predicted octanol–water partition coefficient (Wildman–Crippen LogP) is 4.45. The first-order chi connectivity index (χ1) is 13.0. The van der Waals surface area contributed by atoms with Crippen molar-refractivity contribution in [3.05, 3.63) is 80.9 Å². The second-order valence-electron chi connectivity index (χ2n) is 5.58. The van der Waals surface area contributed by atoms with Crippen LogP contribution in [0.1, 0.15) is 10.5 Å². The number of nitrogens with one attached hydrogen (secondary N) is 1. The van der Waals surface area contributed by atoms with Crippen LogP contribution in [0.2, 0.25) is 0 Å². The largest absolute Gasteiger partial charge is 0.453 e. The molecule has 0 atom stereocenters. The monoisotopic (exact) mass is 384 g/mol. The maximum absolute atomic E-state index is 14.1. The molecule has 0 aliphatic rings. The fourth-order valence-corrected chi connectivity index (χ4v) is 3.18.